The Balaban J connectivity index is 2.65. The molecule has 0 bridgehead atoms. The van der Waals surface area contributed by atoms with Gasteiger partial charge in [0.15, 0.2) is 11.6 Å². The summed E-state index contributed by atoms with van der Waals surface area (Å²) in [4.78, 5) is 19.2. The zero-order chi connectivity index (χ0) is 13.5. The Hall–Kier alpha value is -1.20. The number of nitrogens with zero attached hydrogens (tertiary/aromatic N) is 1. The second kappa shape index (κ2) is 7.28. The Morgan fingerprint density at radius 3 is 2.83 bits per heavy atom. The van der Waals surface area contributed by atoms with Gasteiger partial charge in [-0.15, -0.1) is 0 Å². The smallest absolute Gasteiger partial charge is 0.198 e. The average Bonchev–Trinajstić information content (AvgIpc) is 2.86. The summed E-state index contributed by atoms with van der Waals surface area (Å²) in [5.74, 6) is 1.36. The second-order valence-electron chi connectivity index (χ2n) is 4.79. The fourth-order valence-corrected chi connectivity index (χ4v) is 2.01. The molecule has 1 aromatic heterocycles. The van der Waals surface area contributed by atoms with Crippen LogP contribution in [0, 0.1) is 11.8 Å². The molecule has 0 radical (unpaired) electrons. The van der Waals surface area contributed by atoms with Crippen molar-refractivity contribution < 1.29 is 4.79 Å². The molecule has 5 heteroatoms. The molecule has 0 saturated heterocycles. The number of Topliss-reactive ketones (excluding diaryl/α,β-unsaturated/α-hetero) is 1. The van der Waals surface area contributed by atoms with E-state index < -0.39 is 0 Å². The highest BCUT2D eigenvalue weighted by molar-refractivity contribution is 5.92. The third-order valence-electron chi connectivity index (χ3n) is 3.48. The van der Waals surface area contributed by atoms with Crippen molar-refractivity contribution in [3.05, 3.63) is 17.7 Å². The molecule has 0 aliphatic heterocycles. The zero-order valence-corrected chi connectivity index (χ0v) is 11.5. The molecular formula is C13H24N4O. The zero-order valence-electron chi connectivity index (χ0n) is 11.5. The molecular weight excluding hydrogens is 228 g/mol. The number of hydrogen-bond acceptors (Lipinski definition) is 4. The minimum Gasteiger partial charge on any atom is -0.338 e. The Bertz CT molecular complexity index is 375. The van der Waals surface area contributed by atoms with E-state index in [1.807, 2.05) is 7.05 Å². The first kappa shape index (κ1) is 14.9. The van der Waals surface area contributed by atoms with Crippen LogP contribution in [0.3, 0.4) is 0 Å². The number of imidazole rings is 1. The van der Waals surface area contributed by atoms with E-state index in [9.17, 15) is 4.79 Å². The molecule has 18 heavy (non-hydrogen) atoms. The minimum absolute atomic E-state index is 0.0650. The van der Waals surface area contributed by atoms with Crippen LogP contribution in [0.2, 0.25) is 0 Å². The molecule has 0 aliphatic carbocycles. The number of H-pyrrole nitrogens is 1. The summed E-state index contributed by atoms with van der Waals surface area (Å²) in [5.41, 5.74) is 6.29. The number of carbonyl (C=O) groups excluding carboxylic acids is 1. The number of nitrogens with one attached hydrogen (secondary N) is 2. The van der Waals surface area contributed by atoms with Gasteiger partial charge in [-0.2, -0.15) is 0 Å². The summed E-state index contributed by atoms with van der Waals surface area (Å²) >= 11 is 0. The summed E-state index contributed by atoms with van der Waals surface area (Å²) in [6, 6.07) is 0. The van der Waals surface area contributed by atoms with E-state index in [0.29, 0.717) is 30.6 Å². The second-order valence-corrected chi connectivity index (χ2v) is 4.79. The van der Waals surface area contributed by atoms with Gasteiger partial charge in [-0.1, -0.05) is 20.3 Å². The number of aromatic amines is 1. The summed E-state index contributed by atoms with van der Waals surface area (Å²) < 4.78 is 0. The highest BCUT2D eigenvalue weighted by Crippen LogP contribution is 2.20. The van der Waals surface area contributed by atoms with Crippen molar-refractivity contribution in [2.75, 3.05) is 13.6 Å². The average molecular weight is 252 g/mol. The molecule has 0 aromatic carbocycles. The number of rotatable bonds is 8. The Morgan fingerprint density at radius 1 is 1.61 bits per heavy atom. The van der Waals surface area contributed by atoms with Gasteiger partial charge in [-0.25, -0.2) is 4.98 Å². The van der Waals surface area contributed by atoms with Gasteiger partial charge < -0.3 is 16.0 Å². The van der Waals surface area contributed by atoms with Gasteiger partial charge in [0.2, 0.25) is 0 Å². The molecule has 1 rings (SSSR count). The third kappa shape index (κ3) is 3.92. The van der Waals surface area contributed by atoms with Crippen molar-refractivity contribution in [1.29, 1.82) is 0 Å². The minimum atomic E-state index is 0.0650. The highest BCUT2D eigenvalue weighted by Gasteiger charge is 2.21. The van der Waals surface area contributed by atoms with Gasteiger partial charge in [-0.05, 0) is 25.4 Å². The lowest BCUT2D eigenvalue weighted by Gasteiger charge is -2.21. The van der Waals surface area contributed by atoms with Crippen LogP contribution in [-0.4, -0.2) is 29.3 Å². The lowest BCUT2D eigenvalue weighted by atomic mass is 9.87. The number of nitrogens with two attached hydrogens (primary N) is 1. The molecule has 5 nitrogen and oxygen atoms in total. The van der Waals surface area contributed by atoms with Crippen LogP contribution in [0.5, 0.6) is 0 Å². The molecule has 0 fully saturated rings. The predicted molar refractivity (Wildman–Crippen MR) is 72.3 cm³/mol. The predicted octanol–water partition coefficient (Wildman–Crippen LogP) is 1.32. The topological polar surface area (TPSA) is 83.8 Å². The third-order valence-corrected chi connectivity index (χ3v) is 3.48. The molecule has 2 unspecified atom stereocenters. The molecule has 0 amide bonds. The van der Waals surface area contributed by atoms with E-state index >= 15 is 0 Å². The Labute approximate surface area is 109 Å². The maximum atomic E-state index is 12.1. The summed E-state index contributed by atoms with van der Waals surface area (Å²) in [7, 11) is 1.92. The molecule has 2 atom stereocenters. The molecule has 0 spiro atoms. The highest BCUT2D eigenvalue weighted by atomic mass is 16.1. The van der Waals surface area contributed by atoms with E-state index in [0.717, 1.165) is 18.7 Å². The van der Waals surface area contributed by atoms with Crippen molar-refractivity contribution in [2.45, 2.75) is 33.2 Å². The number of aromatic nitrogens is 2. The number of ketones is 1. The van der Waals surface area contributed by atoms with Crippen LogP contribution >= 0.6 is 0 Å². The van der Waals surface area contributed by atoms with Crippen molar-refractivity contribution >= 4 is 5.78 Å². The fourth-order valence-electron chi connectivity index (χ4n) is 2.01. The molecule has 1 aromatic rings. The van der Waals surface area contributed by atoms with Gasteiger partial charge >= 0.3 is 0 Å². The monoisotopic (exact) mass is 252 g/mol. The van der Waals surface area contributed by atoms with Crippen molar-refractivity contribution in [3.63, 3.8) is 0 Å². The standard InChI is InChI=1S/C13H24N4O/c1-4-9(2)10(7-15-3)5-12(18)13-16-8-11(6-14)17-13/h8-10,15H,4-7,14H2,1-3H3,(H,16,17). The molecule has 0 saturated carbocycles. The maximum Gasteiger partial charge on any atom is 0.198 e. The van der Waals surface area contributed by atoms with Gasteiger partial charge in [0.05, 0.1) is 6.20 Å². The van der Waals surface area contributed by atoms with Crippen LogP contribution in [0.4, 0.5) is 0 Å². The largest absolute Gasteiger partial charge is 0.338 e. The van der Waals surface area contributed by atoms with Crippen LogP contribution < -0.4 is 11.1 Å². The van der Waals surface area contributed by atoms with Crippen molar-refractivity contribution in [2.24, 2.45) is 17.6 Å². The van der Waals surface area contributed by atoms with Gasteiger partial charge in [0.25, 0.3) is 0 Å². The summed E-state index contributed by atoms with van der Waals surface area (Å²) in [6.45, 7) is 5.57. The Morgan fingerprint density at radius 2 is 2.33 bits per heavy atom. The van der Waals surface area contributed by atoms with Gasteiger partial charge in [0.1, 0.15) is 0 Å². The van der Waals surface area contributed by atoms with E-state index in [2.05, 4.69) is 29.1 Å². The van der Waals surface area contributed by atoms with Gasteiger partial charge in [0, 0.05) is 18.7 Å². The van der Waals surface area contributed by atoms with Crippen molar-refractivity contribution in [3.8, 4) is 0 Å². The lowest BCUT2D eigenvalue weighted by molar-refractivity contribution is 0.0935. The molecule has 102 valence electrons. The first-order chi connectivity index (χ1) is 8.62. The fraction of sp³-hybridized carbons (Fsp3) is 0.692. The lowest BCUT2D eigenvalue weighted by Crippen LogP contribution is -2.27. The van der Waals surface area contributed by atoms with Gasteiger partial charge in [-0.3, -0.25) is 4.79 Å². The van der Waals surface area contributed by atoms with Crippen molar-refractivity contribution in [1.82, 2.24) is 15.3 Å². The number of carbonyl (C=O) groups is 1. The quantitative estimate of drug-likeness (QED) is 0.609. The van der Waals surface area contributed by atoms with Crippen LogP contribution in [0.25, 0.3) is 0 Å². The van der Waals surface area contributed by atoms with E-state index in [4.69, 9.17) is 5.73 Å². The molecule has 0 aliphatic rings. The summed E-state index contributed by atoms with van der Waals surface area (Å²) in [5, 5.41) is 3.15. The molecule has 1 heterocycles. The van der Waals surface area contributed by atoms with E-state index in [1.165, 1.54) is 0 Å². The summed E-state index contributed by atoms with van der Waals surface area (Å²) in [6.07, 6.45) is 3.22. The first-order valence-corrected chi connectivity index (χ1v) is 6.54. The van der Waals surface area contributed by atoms with E-state index in [1.54, 1.807) is 6.20 Å². The molecule has 4 N–H and O–H groups in total. The van der Waals surface area contributed by atoms with Crippen LogP contribution in [0.1, 0.15) is 43.0 Å². The number of hydrogen-bond donors (Lipinski definition) is 3. The Kier molecular flexibility index (Phi) is 6.01. The van der Waals surface area contributed by atoms with Crippen LogP contribution in [0.15, 0.2) is 6.20 Å². The maximum absolute atomic E-state index is 12.1. The SMILES string of the molecule is CCC(C)C(CNC)CC(=O)c1ncc(CN)[nH]1. The van der Waals surface area contributed by atoms with E-state index in [-0.39, 0.29) is 5.78 Å². The van der Waals surface area contributed by atoms with Crippen LogP contribution in [-0.2, 0) is 6.54 Å². The normalized spacial score (nSPS) is 14.4. The first-order valence-electron chi connectivity index (χ1n) is 6.54.